The van der Waals surface area contributed by atoms with Crippen molar-refractivity contribution in [1.29, 1.82) is 0 Å². The first kappa shape index (κ1) is 24.2. The second-order valence-electron chi connectivity index (χ2n) is 7.86. The van der Waals surface area contributed by atoms with Crippen LogP contribution in [0.25, 0.3) is 0 Å². The molecular weight excluding hydrogens is 356 g/mol. The highest BCUT2D eigenvalue weighted by Gasteiger charge is 2.47. The van der Waals surface area contributed by atoms with E-state index < -0.39 is 17.4 Å². The minimum absolute atomic E-state index is 0.160. The summed E-state index contributed by atoms with van der Waals surface area (Å²) < 4.78 is 10.0. The number of esters is 2. The standard InChI is InChI=1S/C23H36O5/c1-17-10-7-6-8-11-18(2)20(12-9-15-24)19(3)13-14-23(16-17,21(25)27-4)22(26)28-5/h6-7,10,13,18,20,24H,8-9,11-12,14-16H2,1-5H3/b7-6-,17-10+,19-13+/t18-,20+/m0/s1. The van der Waals surface area contributed by atoms with Crippen LogP contribution in [0.2, 0.25) is 0 Å². The van der Waals surface area contributed by atoms with Gasteiger partial charge in [-0.15, -0.1) is 0 Å². The van der Waals surface area contributed by atoms with E-state index in [0.717, 1.165) is 36.8 Å². The third-order valence-electron chi connectivity index (χ3n) is 5.76. The molecule has 0 heterocycles. The number of aliphatic hydroxyl groups is 1. The van der Waals surface area contributed by atoms with Crippen LogP contribution in [0.3, 0.4) is 0 Å². The molecule has 0 fully saturated rings. The first-order valence-corrected chi connectivity index (χ1v) is 10.1. The number of ether oxygens (including phenoxy) is 2. The molecule has 0 aromatic heterocycles. The lowest BCUT2D eigenvalue weighted by Crippen LogP contribution is -2.41. The predicted molar refractivity (Wildman–Crippen MR) is 111 cm³/mol. The Morgan fingerprint density at radius 2 is 1.86 bits per heavy atom. The summed E-state index contributed by atoms with van der Waals surface area (Å²) in [5.41, 5.74) is 0.670. The molecule has 1 aliphatic rings. The average Bonchev–Trinajstić information content (AvgIpc) is 2.69. The number of carbonyl (C=O) groups excluding carboxylic acids is 2. The molecule has 0 aromatic rings. The van der Waals surface area contributed by atoms with Crippen LogP contribution < -0.4 is 0 Å². The molecule has 5 nitrogen and oxygen atoms in total. The van der Waals surface area contributed by atoms with Crippen molar-refractivity contribution in [3.63, 3.8) is 0 Å². The Bertz CT molecular complexity index is 598. The van der Waals surface area contributed by atoms with E-state index in [1.54, 1.807) is 0 Å². The molecule has 0 amide bonds. The highest BCUT2D eigenvalue weighted by atomic mass is 16.5. The summed E-state index contributed by atoms with van der Waals surface area (Å²) >= 11 is 0. The summed E-state index contributed by atoms with van der Waals surface area (Å²) in [6, 6.07) is 0. The molecule has 0 bridgehead atoms. The number of allylic oxidation sites excluding steroid dienone is 6. The van der Waals surface area contributed by atoms with Gasteiger partial charge in [0.05, 0.1) is 14.2 Å². The molecule has 5 heteroatoms. The van der Waals surface area contributed by atoms with Crippen molar-refractivity contribution >= 4 is 11.9 Å². The molecule has 1 rings (SSSR count). The summed E-state index contributed by atoms with van der Waals surface area (Å²) in [6.07, 6.45) is 12.2. The second kappa shape index (κ2) is 11.8. The molecular formula is C23H36O5. The van der Waals surface area contributed by atoms with Crippen molar-refractivity contribution < 1.29 is 24.2 Å². The third-order valence-corrected chi connectivity index (χ3v) is 5.76. The van der Waals surface area contributed by atoms with Gasteiger partial charge in [0.2, 0.25) is 0 Å². The maximum absolute atomic E-state index is 12.7. The lowest BCUT2D eigenvalue weighted by Gasteiger charge is -2.29. The average molecular weight is 393 g/mol. The Morgan fingerprint density at radius 3 is 2.43 bits per heavy atom. The molecule has 0 unspecified atom stereocenters. The Labute approximate surface area is 169 Å². The number of carbonyl (C=O) groups is 2. The molecule has 2 atom stereocenters. The van der Waals surface area contributed by atoms with Gasteiger partial charge in [-0.05, 0) is 64.2 Å². The van der Waals surface area contributed by atoms with Crippen molar-refractivity contribution in [2.24, 2.45) is 17.3 Å². The van der Waals surface area contributed by atoms with Crippen LogP contribution in [0.4, 0.5) is 0 Å². The normalized spacial score (nSPS) is 28.2. The smallest absolute Gasteiger partial charge is 0.323 e. The van der Waals surface area contributed by atoms with Crippen LogP contribution >= 0.6 is 0 Å². The van der Waals surface area contributed by atoms with Crippen LogP contribution in [0, 0.1) is 17.3 Å². The molecule has 28 heavy (non-hydrogen) atoms. The van der Waals surface area contributed by atoms with E-state index in [9.17, 15) is 14.7 Å². The fraction of sp³-hybridized carbons (Fsp3) is 0.652. The molecule has 0 aliphatic heterocycles. The monoisotopic (exact) mass is 392 g/mol. The molecule has 158 valence electrons. The quantitative estimate of drug-likeness (QED) is 0.427. The van der Waals surface area contributed by atoms with Gasteiger partial charge >= 0.3 is 11.9 Å². The summed E-state index contributed by atoms with van der Waals surface area (Å²) in [4.78, 5) is 25.4. The van der Waals surface area contributed by atoms with Gasteiger partial charge in [0.15, 0.2) is 5.41 Å². The third kappa shape index (κ3) is 6.33. The lowest BCUT2D eigenvalue weighted by molar-refractivity contribution is -0.168. The van der Waals surface area contributed by atoms with Gasteiger partial charge in [0, 0.05) is 6.61 Å². The molecule has 1 N–H and O–H groups in total. The van der Waals surface area contributed by atoms with E-state index in [-0.39, 0.29) is 19.4 Å². The predicted octanol–water partition coefficient (Wildman–Crippen LogP) is 4.37. The first-order chi connectivity index (χ1) is 13.3. The molecule has 0 spiro atoms. The van der Waals surface area contributed by atoms with Gasteiger partial charge in [-0.3, -0.25) is 9.59 Å². The van der Waals surface area contributed by atoms with E-state index in [0.29, 0.717) is 11.8 Å². The number of methoxy groups -OCH3 is 2. The minimum atomic E-state index is -1.39. The van der Waals surface area contributed by atoms with Gasteiger partial charge in [-0.25, -0.2) is 0 Å². The maximum atomic E-state index is 12.7. The number of hydrogen-bond donors (Lipinski definition) is 1. The Balaban J connectivity index is 3.42. The Morgan fingerprint density at radius 1 is 1.21 bits per heavy atom. The van der Waals surface area contributed by atoms with Gasteiger partial charge in [0.25, 0.3) is 0 Å². The van der Waals surface area contributed by atoms with E-state index >= 15 is 0 Å². The highest BCUT2D eigenvalue weighted by molar-refractivity contribution is 6.00. The summed E-state index contributed by atoms with van der Waals surface area (Å²) in [5.74, 6) is -0.419. The van der Waals surface area contributed by atoms with Crippen LogP contribution in [0.1, 0.15) is 59.3 Å². The van der Waals surface area contributed by atoms with Crippen molar-refractivity contribution in [1.82, 2.24) is 0 Å². The van der Waals surface area contributed by atoms with Crippen molar-refractivity contribution in [3.8, 4) is 0 Å². The van der Waals surface area contributed by atoms with E-state index in [1.807, 2.05) is 25.2 Å². The Kier molecular flexibility index (Phi) is 10.2. The first-order valence-electron chi connectivity index (χ1n) is 10.1. The number of rotatable bonds is 5. The largest absolute Gasteiger partial charge is 0.468 e. The molecule has 0 radical (unpaired) electrons. The maximum Gasteiger partial charge on any atom is 0.323 e. The van der Waals surface area contributed by atoms with Crippen molar-refractivity contribution in [3.05, 3.63) is 35.5 Å². The summed E-state index contributed by atoms with van der Waals surface area (Å²) in [7, 11) is 2.60. The van der Waals surface area contributed by atoms with Gasteiger partial charge in [0.1, 0.15) is 0 Å². The van der Waals surface area contributed by atoms with E-state index in [2.05, 4.69) is 19.9 Å². The topological polar surface area (TPSA) is 72.8 Å². The number of hydrogen-bond acceptors (Lipinski definition) is 5. The van der Waals surface area contributed by atoms with E-state index in [1.165, 1.54) is 14.2 Å². The van der Waals surface area contributed by atoms with Crippen molar-refractivity contribution in [2.75, 3.05) is 20.8 Å². The second-order valence-corrected chi connectivity index (χ2v) is 7.86. The summed E-state index contributed by atoms with van der Waals surface area (Å²) in [5, 5.41) is 9.28. The van der Waals surface area contributed by atoms with Crippen LogP contribution in [0.5, 0.6) is 0 Å². The van der Waals surface area contributed by atoms with Crippen LogP contribution in [-0.2, 0) is 19.1 Å². The SMILES string of the molecule is COC(=O)C1(C(=O)OC)C/C=C(\C)[C@H](CCCO)[C@@H](C)CC/C=C\C=C(/C)C1. The molecule has 0 saturated heterocycles. The van der Waals surface area contributed by atoms with Gasteiger partial charge in [-0.1, -0.05) is 42.4 Å². The number of aliphatic hydroxyl groups excluding tert-OH is 1. The lowest BCUT2D eigenvalue weighted by atomic mass is 9.76. The van der Waals surface area contributed by atoms with Crippen LogP contribution in [-0.4, -0.2) is 37.9 Å². The van der Waals surface area contributed by atoms with Crippen LogP contribution in [0.15, 0.2) is 35.5 Å². The van der Waals surface area contributed by atoms with Gasteiger partial charge < -0.3 is 14.6 Å². The molecule has 0 saturated carbocycles. The zero-order chi connectivity index (χ0) is 21.2. The summed E-state index contributed by atoms with van der Waals surface area (Å²) in [6.45, 7) is 6.35. The molecule has 1 aliphatic carbocycles. The fourth-order valence-electron chi connectivity index (χ4n) is 4.04. The molecule has 0 aromatic carbocycles. The Hall–Kier alpha value is -1.88. The van der Waals surface area contributed by atoms with Gasteiger partial charge in [-0.2, -0.15) is 0 Å². The zero-order valence-corrected chi connectivity index (χ0v) is 18.0. The zero-order valence-electron chi connectivity index (χ0n) is 18.0. The minimum Gasteiger partial charge on any atom is -0.468 e. The fourth-order valence-corrected chi connectivity index (χ4v) is 4.04. The van der Waals surface area contributed by atoms with Crippen molar-refractivity contribution in [2.45, 2.75) is 59.3 Å². The highest BCUT2D eigenvalue weighted by Crippen LogP contribution is 2.37. The van der Waals surface area contributed by atoms with E-state index in [4.69, 9.17) is 9.47 Å².